The number of amides is 2. The molecule has 1 N–H and O–H groups in total. The Hall–Kier alpha value is -1.43. The molecule has 1 aliphatic heterocycles. The van der Waals surface area contributed by atoms with Gasteiger partial charge in [0.2, 0.25) is 5.91 Å². The van der Waals surface area contributed by atoms with Gasteiger partial charge < -0.3 is 5.32 Å². The lowest BCUT2D eigenvalue weighted by molar-refractivity contribution is -0.146. The Morgan fingerprint density at radius 1 is 1.56 bits per heavy atom. The first-order chi connectivity index (χ1) is 7.58. The molecule has 0 aromatic carbocycles. The largest absolute Gasteiger partial charge is 0.350 e. The molecule has 0 radical (unpaired) electrons. The molecule has 0 bridgehead atoms. The summed E-state index contributed by atoms with van der Waals surface area (Å²) in [5.41, 5.74) is 0.931. The maximum absolute atomic E-state index is 11.8. The van der Waals surface area contributed by atoms with Crippen molar-refractivity contribution in [3.8, 4) is 0 Å². The Labute approximate surface area is 97.5 Å². The Morgan fingerprint density at radius 3 is 2.94 bits per heavy atom. The Bertz CT molecular complexity index is 429. The number of aryl methyl sites for hydroxylation is 1. The molecule has 86 valence electrons. The highest BCUT2D eigenvalue weighted by atomic mass is 32.1. The van der Waals surface area contributed by atoms with Crippen molar-refractivity contribution in [3.63, 3.8) is 0 Å². The number of imide groups is 1. The summed E-state index contributed by atoms with van der Waals surface area (Å²) in [6.07, 6.45) is 0.949. The quantitative estimate of drug-likeness (QED) is 0.782. The van der Waals surface area contributed by atoms with Crippen LogP contribution in [0.25, 0.3) is 0 Å². The van der Waals surface area contributed by atoms with Crippen LogP contribution in [0, 0.1) is 6.92 Å². The van der Waals surface area contributed by atoms with E-state index in [0.717, 1.165) is 10.8 Å². The second-order valence-corrected chi connectivity index (χ2v) is 4.68. The van der Waals surface area contributed by atoms with Crippen LogP contribution in [-0.4, -0.2) is 34.8 Å². The summed E-state index contributed by atoms with van der Waals surface area (Å²) in [6.45, 7) is 1.90. The molecule has 1 saturated heterocycles. The van der Waals surface area contributed by atoms with Crippen LogP contribution in [0.2, 0.25) is 0 Å². The molecular formula is C10H13N3O2S. The topological polar surface area (TPSA) is 62.3 Å². The number of carbonyl (C=O) groups is 2. The molecule has 2 rings (SSSR count). The highest BCUT2D eigenvalue weighted by molar-refractivity contribution is 7.13. The average Bonchev–Trinajstić information content (AvgIpc) is 2.65. The first-order valence-corrected chi connectivity index (χ1v) is 5.95. The molecule has 5 nitrogen and oxygen atoms in total. The lowest BCUT2D eigenvalue weighted by atomic mass is 10.1. The Kier molecular flexibility index (Phi) is 2.91. The van der Waals surface area contributed by atoms with E-state index in [1.807, 2.05) is 12.3 Å². The molecule has 1 unspecified atom stereocenters. The van der Waals surface area contributed by atoms with Gasteiger partial charge in [-0.05, 0) is 13.3 Å². The van der Waals surface area contributed by atoms with E-state index in [-0.39, 0.29) is 17.9 Å². The molecule has 2 heterocycles. The van der Waals surface area contributed by atoms with Crippen LogP contribution in [0.1, 0.15) is 18.5 Å². The van der Waals surface area contributed by atoms with Gasteiger partial charge in [0, 0.05) is 18.8 Å². The van der Waals surface area contributed by atoms with Gasteiger partial charge in [-0.15, -0.1) is 11.3 Å². The van der Waals surface area contributed by atoms with Gasteiger partial charge in [-0.2, -0.15) is 0 Å². The summed E-state index contributed by atoms with van der Waals surface area (Å²) < 4.78 is 0. The number of piperidine rings is 1. The molecule has 1 aromatic rings. The second kappa shape index (κ2) is 4.21. The summed E-state index contributed by atoms with van der Waals surface area (Å²) in [7, 11) is 1.52. The van der Waals surface area contributed by atoms with Crippen LogP contribution in [0.5, 0.6) is 0 Å². The fourth-order valence-electron chi connectivity index (χ4n) is 1.62. The van der Waals surface area contributed by atoms with E-state index >= 15 is 0 Å². The van der Waals surface area contributed by atoms with Crippen molar-refractivity contribution < 1.29 is 9.59 Å². The van der Waals surface area contributed by atoms with Gasteiger partial charge >= 0.3 is 0 Å². The number of hydrogen-bond donors (Lipinski definition) is 1. The van der Waals surface area contributed by atoms with Crippen molar-refractivity contribution in [1.29, 1.82) is 0 Å². The van der Waals surface area contributed by atoms with E-state index in [4.69, 9.17) is 0 Å². The lowest BCUT2D eigenvalue weighted by Crippen LogP contribution is -2.48. The summed E-state index contributed by atoms with van der Waals surface area (Å²) in [4.78, 5) is 28.5. The molecule has 6 heteroatoms. The van der Waals surface area contributed by atoms with Gasteiger partial charge in [-0.1, -0.05) is 0 Å². The van der Waals surface area contributed by atoms with E-state index in [1.165, 1.54) is 23.3 Å². The third-order valence-electron chi connectivity index (χ3n) is 2.57. The van der Waals surface area contributed by atoms with Gasteiger partial charge in [0.1, 0.15) is 6.04 Å². The number of aromatic nitrogens is 1. The highest BCUT2D eigenvalue weighted by Crippen LogP contribution is 2.20. The summed E-state index contributed by atoms with van der Waals surface area (Å²) >= 11 is 1.47. The fourth-order valence-corrected chi connectivity index (χ4v) is 2.36. The third kappa shape index (κ3) is 2.06. The molecule has 1 fully saturated rings. The lowest BCUT2D eigenvalue weighted by Gasteiger charge is -2.27. The van der Waals surface area contributed by atoms with E-state index in [9.17, 15) is 9.59 Å². The van der Waals surface area contributed by atoms with E-state index < -0.39 is 0 Å². The van der Waals surface area contributed by atoms with Gasteiger partial charge in [0.25, 0.3) is 5.91 Å². The Morgan fingerprint density at radius 2 is 2.31 bits per heavy atom. The van der Waals surface area contributed by atoms with Crippen molar-refractivity contribution in [2.45, 2.75) is 25.8 Å². The molecule has 0 spiro atoms. The number of carbonyl (C=O) groups excluding carboxylic acids is 2. The van der Waals surface area contributed by atoms with Crippen molar-refractivity contribution in [3.05, 3.63) is 11.1 Å². The number of thiazole rings is 1. The third-order valence-corrected chi connectivity index (χ3v) is 3.46. The standard InChI is InChI=1S/C10H13N3O2S/c1-6-5-16-10(11-6)12-7-3-4-8(14)13(2)9(7)15/h5,7H,3-4H2,1-2H3,(H,11,12). The minimum absolute atomic E-state index is 0.113. The van der Waals surface area contributed by atoms with Crippen molar-refractivity contribution in [2.75, 3.05) is 12.4 Å². The average molecular weight is 239 g/mol. The molecule has 2 amide bonds. The molecule has 1 atom stereocenters. The van der Waals surface area contributed by atoms with Crippen molar-refractivity contribution in [2.24, 2.45) is 0 Å². The number of anilines is 1. The highest BCUT2D eigenvalue weighted by Gasteiger charge is 2.31. The Balaban J connectivity index is 2.06. The minimum atomic E-state index is -0.326. The molecule has 1 aliphatic rings. The molecule has 0 aliphatic carbocycles. The molecule has 1 aromatic heterocycles. The van der Waals surface area contributed by atoms with Gasteiger partial charge in [0.05, 0.1) is 5.69 Å². The van der Waals surface area contributed by atoms with Gasteiger partial charge in [-0.25, -0.2) is 4.98 Å². The zero-order valence-electron chi connectivity index (χ0n) is 9.19. The zero-order valence-corrected chi connectivity index (χ0v) is 10.0. The predicted octanol–water partition coefficient (Wildman–Crippen LogP) is 1.01. The van der Waals surface area contributed by atoms with Crippen LogP contribution >= 0.6 is 11.3 Å². The smallest absolute Gasteiger partial charge is 0.251 e. The maximum atomic E-state index is 11.8. The normalized spacial score (nSPS) is 21.4. The summed E-state index contributed by atoms with van der Waals surface area (Å²) in [5, 5.41) is 5.72. The fraction of sp³-hybridized carbons (Fsp3) is 0.500. The van der Waals surface area contributed by atoms with Gasteiger partial charge in [0.15, 0.2) is 5.13 Å². The molecule has 0 saturated carbocycles. The molecular weight excluding hydrogens is 226 g/mol. The van der Waals surface area contributed by atoms with E-state index in [0.29, 0.717) is 12.8 Å². The van der Waals surface area contributed by atoms with Crippen LogP contribution in [0.3, 0.4) is 0 Å². The second-order valence-electron chi connectivity index (χ2n) is 3.82. The van der Waals surface area contributed by atoms with Crippen molar-refractivity contribution in [1.82, 2.24) is 9.88 Å². The van der Waals surface area contributed by atoms with Crippen LogP contribution in [-0.2, 0) is 9.59 Å². The monoisotopic (exact) mass is 239 g/mol. The number of likely N-dealkylation sites (tertiary alicyclic amines) is 1. The zero-order chi connectivity index (χ0) is 11.7. The number of likely N-dealkylation sites (N-methyl/N-ethyl adjacent to an activating group) is 1. The predicted molar refractivity (Wildman–Crippen MR) is 61.3 cm³/mol. The first-order valence-electron chi connectivity index (χ1n) is 5.07. The first kappa shape index (κ1) is 11.1. The number of nitrogens with zero attached hydrogens (tertiary/aromatic N) is 2. The molecule has 16 heavy (non-hydrogen) atoms. The maximum Gasteiger partial charge on any atom is 0.251 e. The van der Waals surface area contributed by atoms with Crippen LogP contribution in [0.4, 0.5) is 5.13 Å². The summed E-state index contributed by atoms with van der Waals surface area (Å²) in [6, 6.07) is -0.326. The van der Waals surface area contributed by atoms with Crippen molar-refractivity contribution >= 4 is 28.3 Å². The van der Waals surface area contributed by atoms with Crippen LogP contribution in [0.15, 0.2) is 5.38 Å². The number of rotatable bonds is 2. The van der Waals surface area contributed by atoms with Gasteiger partial charge in [-0.3, -0.25) is 14.5 Å². The van der Waals surface area contributed by atoms with E-state index in [1.54, 1.807) is 0 Å². The summed E-state index contributed by atoms with van der Waals surface area (Å²) in [5.74, 6) is -0.289. The SMILES string of the molecule is Cc1csc(NC2CCC(=O)N(C)C2=O)n1. The number of hydrogen-bond acceptors (Lipinski definition) is 5. The number of nitrogens with one attached hydrogen (secondary N) is 1. The van der Waals surface area contributed by atoms with E-state index in [2.05, 4.69) is 10.3 Å². The van der Waals surface area contributed by atoms with Crippen LogP contribution < -0.4 is 5.32 Å². The minimum Gasteiger partial charge on any atom is -0.350 e.